The summed E-state index contributed by atoms with van der Waals surface area (Å²) in [6.45, 7) is 7.02. The molecule has 0 spiro atoms. The second-order valence-corrected chi connectivity index (χ2v) is 8.96. The number of para-hydroxylation sites is 1. The number of phenolic OH excluding ortho intramolecular Hbond substituents is 1. The molecular formula is C28H27FN2O3. The summed E-state index contributed by atoms with van der Waals surface area (Å²) in [5.74, 6) is 0.444. The van der Waals surface area contributed by atoms with Crippen LogP contribution in [0.2, 0.25) is 0 Å². The molecule has 5 rings (SSSR count). The number of hydrogen-bond acceptors (Lipinski definition) is 5. The Balaban J connectivity index is 1.37. The number of rotatable bonds is 4. The van der Waals surface area contributed by atoms with E-state index in [1.807, 2.05) is 49.1 Å². The normalized spacial score (nSPS) is 17.2. The number of piperazine rings is 1. The molecule has 1 fully saturated rings. The molecule has 1 N–H and O–H groups in total. The highest BCUT2D eigenvalue weighted by Crippen LogP contribution is 2.42. The van der Waals surface area contributed by atoms with Crippen molar-refractivity contribution in [2.75, 3.05) is 31.1 Å². The van der Waals surface area contributed by atoms with Gasteiger partial charge >= 0.3 is 0 Å². The molecule has 3 aromatic rings. The molecule has 174 valence electrons. The number of benzene rings is 3. The van der Waals surface area contributed by atoms with Crippen LogP contribution in [0, 0.1) is 19.7 Å². The zero-order valence-corrected chi connectivity index (χ0v) is 19.3. The Morgan fingerprint density at radius 2 is 1.79 bits per heavy atom. The summed E-state index contributed by atoms with van der Waals surface area (Å²) in [6.07, 6.45) is 1.75. The molecular weight excluding hydrogens is 431 g/mol. The Hall–Kier alpha value is -3.64. The Labute approximate surface area is 198 Å². The fraction of sp³-hybridized carbons (Fsp3) is 0.250. The van der Waals surface area contributed by atoms with Crippen molar-refractivity contribution in [3.05, 3.63) is 94.0 Å². The zero-order chi connectivity index (χ0) is 23.8. The summed E-state index contributed by atoms with van der Waals surface area (Å²) in [5.41, 5.74) is 4.42. The summed E-state index contributed by atoms with van der Waals surface area (Å²) in [4.78, 5) is 17.4. The van der Waals surface area contributed by atoms with Gasteiger partial charge in [-0.1, -0.05) is 42.0 Å². The van der Waals surface area contributed by atoms with Gasteiger partial charge in [0.25, 0.3) is 0 Å². The first kappa shape index (κ1) is 22.2. The number of ketones is 1. The van der Waals surface area contributed by atoms with Crippen molar-refractivity contribution in [2.24, 2.45) is 0 Å². The summed E-state index contributed by atoms with van der Waals surface area (Å²) < 4.78 is 20.2. The topological polar surface area (TPSA) is 53.0 Å². The molecule has 0 unspecified atom stereocenters. The number of nitrogens with zero attached hydrogens (tertiary/aromatic N) is 2. The molecule has 2 aliphatic heterocycles. The molecule has 0 aromatic heterocycles. The van der Waals surface area contributed by atoms with E-state index in [9.17, 15) is 14.3 Å². The second kappa shape index (κ2) is 8.95. The quantitative estimate of drug-likeness (QED) is 0.552. The van der Waals surface area contributed by atoms with Crippen LogP contribution >= 0.6 is 0 Å². The minimum Gasteiger partial charge on any atom is -0.507 e. The van der Waals surface area contributed by atoms with E-state index in [1.54, 1.807) is 24.3 Å². The highest BCUT2D eigenvalue weighted by atomic mass is 19.1. The number of carbonyl (C=O) groups is 1. The van der Waals surface area contributed by atoms with Gasteiger partial charge in [0.1, 0.15) is 17.3 Å². The Bertz CT molecular complexity index is 1290. The van der Waals surface area contributed by atoms with Gasteiger partial charge < -0.3 is 14.7 Å². The number of carbonyl (C=O) groups excluding carboxylic acids is 1. The van der Waals surface area contributed by atoms with E-state index in [2.05, 4.69) is 4.90 Å². The van der Waals surface area contributed by atoms with Gasteiger partial charge in [0.2, 0.25) is 5.78 Å². The number of allylic oxidation sites excluding steroid dienone is 1. The monoisotopic (exact) mass is 458 g/mol. The van der Waals surface area contributed by atoms with E-state index >= 15 is 0 Å². The van der Waals surface area contributed by atoms with Crippen molar-refractivity contribution in [1.29, 1.82) is 0 Å². The molecule has 2 heterocycles. The minimum absolute atomic E-state index is 0.123. The van der Waals surface area contributed by atoms with E-state index in [0.717, 1.165) is 11.1 Å². The standard InChI is InChI=1S/C28H27FN2O3/c1-18-6-5-7-20(14-18)16-25-27(33)26-19(2)15-24(32)21(28(26)34-25)17-30-10-12-31(13-11-30)23-9-4-3-8-22(23)29/h3-9,14-16,32H,10-13,17H2,1-2H3/b25-16-. The van der Waals surface area contributed by atoms with E-state index in [-0.39, 0.29) is 23.1 Å². The lowest BCUT2D eigenvalue weighted by Crippen LogP contribution is -2.46. The predicted octanol–water partition coefficient (Wildman–Crippen LogP) is 5.09. The zero-order valence-electron chi connectivity index (χ0n) is 19.3. The molecule has 0 aliphatic carbocycles. The Morgan fingerprint density at radius 1 is 1.03 bits per heavy atom. The average molecular weight is 459 g/mol. The molecule has 0 amide bonds. The maximum absolute atomic E-state index is 14.2. The maximum Gasteiger partial charge on any atom is 0.232 e. The molecule has 0 atom stereocenters. The summed E-state index contributed by atoms with van der Waals surface area (Å²) in [7, 11) is 0. The molecule has 1 saturated heterocycles. The van der Waals surface area contributed by atoms with E-state index in [1.165, 1.54) is 6.07 Å². The van der Waals surface area contributed by atoms with Crippen LogP contribution < -0.4 is 9.64 Å². The molecule has 0 saturated carbocycles. The van der Waals surface area contributed by atoms with E-state index < -0.39 is 0 Å². The van der Waals surface area contributed by atoms with Crippen LogP contribution in [0.15, 0.2) is 60.4 Å². The number of phenols is 1. The van der Waals surface area contributed by atoms with E-state index in [4.69, 9.17) is 4.74 Å². The predicted molar refractivity (Wildman–Crippen MR) is 131 cm³/mol. The van der Waals surface area contributed by atoms with Crippen LogP contribution in [-0.2, 0) is 6.54 Å². The van der Waals surface area contributed by atoms with Crippen molar-refractivity contribution >= 4 is 17.5 Å². The lowest BCUT2D eigenvalue weighted by atomic mass is 9.99. The molecule has 5 nitrogen and oxygen atoms in total. The minimum atomic E-state index is -0.218. The molecule has 0 bridgehead atoms. The third-order valence-corrected chi connectivity index (χ3v) is 6.51. The van der Waals surface area contributed by atoms with Crippen LogP contribution in [-0.4, -0.2) is 42.0 Å². The molecule has 2 aliphatic rings. The third kappa shape index (κ3) is 4.17. The van der Waals surface area contributed by atoms with Gasteiger partial charge in [-0.25, -0.2) is 4.39 Å². The first-order valence-electron chi connectivity index (χ1n) is 11.5. The molecule has 34 heavy (non-hydrogen) atoms. The molecule has 6 heteroatoms. The Kier molecular flexibility index (Phi) is 5.84. The lowest BCUT2D eigenvalue weighted by Gasteiger charge is -2.36. The van der Waals surface area contributed by atoms with Gasteiger partial charge in [-0.3, -0.25) is 9.69 Å². The number of hydrogen-bond donors (Lipinski definition) is 1. The van der Waals surface area contributed by atoms with Gasteiger partial charge in [0.05, 0.1) is 16.8 Å². The fourth-order valence-electron chi connectivity index (χ4n) is 4.72. The second-order valence-electron chi connectivity index (χ2n) is 8.96. The van der Waals surface area contributed by atoms with Crippen LogP contribution in [0.25, 0.3) is 6.08 Å². The van der Waals surface area contributed by atoms with Crippen LogP contribution in [0.5, 0.6) is 11.5 Å². The van der Waals surface area contributed by atoms with Crippen molar-refractivity contribution < 1.29 is 19.0 Å². The van der Waals surface area contributed by atoms with E-state index in [0.29, 0.717) is 60.9 Å². The maximum atomic E-state index is 14.2. The highest BCUT2D eigenvalue weighted by Gasteiger charge is 2.34. The average Bonchev–Trinajstić information content (AvgIpc) is 3.14. The molecule has 0 radical (unpaired) electrons. The number of ether oxygens (including phenoxy) is 1. The first-order valence-corrected chi connectivity index (χ1v) is 11.5. The number of anilines is 1. The van der Waals surface area contributed by atoms with Crippen LogP contribution in [0.3, 0.4) is 0 Å². The number of Topliss-reactive ketones (excluding diaryl/α,β-unsaturated/α-hetero) is 1. The number of halogens is 1. The third-order valence-electron chi connectivity index (χ3n) is 6.51. The van der Waals surface area contributed by atoms with Gasteiger partial charge in [0.15, 0.2) is 5.76 Å². The van der Waals surface area contributed by atoms with Gasteiger partial charge in [-0.2, -0.15) is 0 Å². The summed E-state index contributed by atoms with van der Waals surface area (Å²) in [5, 5.41) is 10.8. The van der Waals surface area contributed by atoms with Crippen LogP contribution in [0.1, 0.15) is 32.6 Å². The van der Waals surface area contributed by atoms with Crippen molar-refractivity contribution in [1.82, 2.24) is 4.90 Å². The SMILES string of the molecule is Cc1cccc(/C=C2\Oc3c(CN4CCN(c5ccccc5F)CC4)c(O)cc(C)c3C2=O)c1. The first-order chi connectivity index (χ1) is 16.4. The van der Waals surface area contributed by atoms with Gasteiger partial charge in [-0.05, 0) is 49.2 Å². The van der Waals surface area contributed by atoms with Gasteiger partial charge in [-0.15, -0.1) is 0 Å². The summed E-state index contributed by atoms with van der Waals surface area (Å²) in [6, 6.07) is 16.3. The number of fused-ring (bicyclic) bond motifs is 1. The summed E-state index contributed by atoms with van der Waals surface area (Å²) >= 11 is 0. The smallest absolute Gasteiger partial charge is 0.232 e. The van der Waals surface area contributed by atoms with Gasteiger partial charge in [0, 0.05) is 32.7 Å². The van der Waals surface area contributed by atoms with Crippen molar-refractivity contribution in [3.8, 4) is 11.5 Å². The number of aromatic hydroxyl groups is 1. The van der Waals surface area contributed by atoms with Crippen molar-refractivity contribution in [3.63, 3.8) is 0 Å². The number of aryl methyl sites for hydroxylation is 2. The lowest BCUT2D eigenvalue weighted by molar-refractivity contribution is 0.101. The molecule has 3 aromatic carbocycles. The Morgan fingerprint density at radius 3 is 2.53 bits per heavy atom. The highest BCUT2D eigenvalue weighted by molar-refractivity contribution is 6.15. The largest absolute Gasteiger partial charge is 0.507 e. The fourth-order valence-corrected chi connectivity index (χ4v) is 4.72. The van der Waals surface area contributed by atoms with Crippen molar-refractivity contribution in [2.45, 2.75) is 20.4 Å². The van der Waals surface area contributed by atoms with Crippen LogP contribution in [0.4, 0.5) is 10.1 Å².